The highest BCUT2D eigenvalue weighted by atomic mass is 16.5. The fourth-order valence-electron chi connectivity index (χ4n) is 1.82. The van der Waals surface area contributed by atoms with Crippen LogP contribution in [0.1, 0.15) is 27.7 Å². The molecule has 0 aromatic heterocycles. The molecule has 79 valence electrons. The molecule has 14 heavy (non-hydrogen) atoms. The Morgan fingerprint density at radius 2 is 1.93 bits per heavy atom. The molecule has 0 bridgehead atoms. The molecule has 5 nitrogen and oxygen atoms in total. The summed E-state index contributed by atoms with van der Waals surface area (Å²) < 4.78 is 0. The van der Waals surface area contributed by atoms with E-state index in [9.17, 15) is 10.0 Å². The van der Waals surface area contributed by atoms with Gasteiger partial charge in [-0.15, -0.1) is 10.3 Å². The average Bonchev–Trinajstić information content (AvgIpc) is 2.25. The van der Waals surface area contributed by atoms with Gasteiger partial charge in [0.1, 0.15) is 0 Å². The van der Waals surface area contributed by atoms with Crippen LogP contribution < -0.4 is 5.48 Å². The summed E-state index contributed by atoms with van der Waals surface area (Å²) in [7, 11) is 0. The van der Waals surface area contributed by atoms with E-state index in [1.807, 2.05) is 0 Å². The minimum atomic E-state index is -0.906. The van der Waals surface area contributed by atoms with Gasteiger partial charge in [0.15, 0.2) is 0 Å². The van der Waals surface area contributed by atoms with Crippen LogP contribution in [0.15, 0.2) is 11.6 Å². The lowest BCUT2D eigenvalue weighted by Gasteiger charge is -2.33. The topological polar surface area (TPSA) is 72.5 Å². The quantitative estimate of drug-likeness (QED) is 0.480. The average molecular weight is 199 g/mol. The van der Waals surface area contributed by atoms with E-state index in [1.54, 1.807) is 39.3 Å². The summed E-state index contributed by atoms with van der Waals surface area (Å²) in [5, 5.41) is 21.2. The van der Waals surface area contributed by atoms with E-state index >= 15 is 0 Å². The Balaban J connectivity index is 3.13. The van der Waals surface area contributed by atoms with Gasteiger partial charge in [-0.05, 0) is 27.7 Å². The van der Waals surface area contributed by atoms with Crippen molar-refractivity contribution >= 4 is 5.91 Å². The van der Waals surface area contributed by atoms with Gasteiger partial charge in [-0.3, -0.25) is 10.0 Å². The third-order valence-electron chi connectivity index (χ3n) is 2.53. The van der Waals surface area contributed by atoms with Crippen molar-refractivity contribution in [3.05, 3.63) is 11.6 Å². The zero-order valence-corrected chi connectivity index (χ0v) is 8.79. The largest absolute Gasteiger partial charge is 0.288 e. The van der Waals surface area contributed by atoms with Crippen LogP contribution in [0.5, 0.6) is 0 Å². The smallest absolute Gasteiger partial charge is 0.272 e. The van der Waals surface area contributed by atoms with Gasteiger partial charge in [-0.25, -0.2) is 5.48 Å². The number of nitrogens with one attached hydrogen (secondary N) is 1. The maximum atomic E-state index is 11.8. The van der Waals surface area contributed by atoms with Crippen molar-refractivity contribution in [2.45, 2.75) is 38.8 Å². The molecule has 1 aliphatic rings. The first-order valence-electron chi connectivity index (χ1n) is 4.38. The Kier molecular flexibility index (Phi) is 2.43. The Hall–Kier alpha value is -0.910. The van der Waals surface area contributed by atoms with Gasteiger partial charge in [-0.1, -0.05) is 6.08 Å². The summed E-state index contributed by atoms with van der Waals surface area (Å²) >= 11 is 0. The van der Waals surface area contributed by atoms with Gasteiger partial charge < -0.3 is 0 Å². The van der Waals surface area contributed by atoms with Gasteiger partial charge >= 0.3 is 0 Å². The predicted molar refractivity (Wildman–Crippen MR) is 48.7 cm³/mol. The second kappa shape index (κ2) is 3.05. The van der Waals surface area contributed by atoms with E-state index in [-0.39, 0.29) is 0 Å². The molecule has 0 saturated carbocycles. The molecule has 1 amide bonds. The normalized spacial score (nSPS) is 24.6. The highest BCUT2D eigenvalue weighted by Crippen LogP contribution is 2.38. The molecule has 0 aromatic rings. The summed E-state index contributed by atoms with van der Waals surface area (Å²) in [5.41, 5.74) is 0.216. The molecule has 2 N–H and O–H groups in total. The lowest BCUT2D eigenvalue weighted by Crippen LogP contribution is -2.48. The SMILES string of the molecule is CC1(C)C=C(C(=O)NO)C(C)(C)N1[O]. The van der Waals surface area contributed by atoms with Crippen LogP contribution in [0.4, 0.5) is 0 Å². The van der Waals surface area contributed by atoms with E-state index in [0.717, 1.165) is 5.06 Å². The van der Waals surface area contributed by atoms with E-state index in [1.165, 1.54) is 0 Å². The molecule has 0 aliphatic carbocycles. The standard InChI is InChI=1S/C9H15N2O3/c1-8(2)5-6(7(12)10-13)9(3,4)11(8)14/h5,13H,1-4H3,(H,10,12). The first kappa shape index (κ1) is 11.2. The van der Waals surface area contributed by atoms with Crippen molar-refractivity contribution in [1.82, 2.24) is 10.5 Å². The number of rotatable bonds is 1. The van der Waals surface area contributed by atoms with Gasteiger partial charge in [0.2, 0.25) is 0 Å². The Bertz CT molecular complexity index is 294. The van der Waals surface area contributed by atoms with E-state index in [4.69, 9.17) is 5.21 Å². The predicted octanol–water partition coefficient (Wildman–Crippen LogP) is 0.636. The van der Waals surface area contributed by atoms with E-state index in [0.29, 0.717) is 5.57 Å². The van der Waals surface area contributed by atoms with Crippen molar-refractivity contribution in [3.63, 3.8) is 0 Å². The van der Waals surface area contributed by atoms with Crippen LogP contribution in [0.3, 0.4) is 0 Å². The molecule has 1 rings (SSSR count). The van der Waals surface area contributed by atoms with Crippen LogP contribution in [0.2, 0.25) is 0 Å². The minimum Gasteiger partial charge on any atom is -0.288 e. The first-order chi connectivity index (χ1) is 6.23. The lowest BCUT2D eigenvalue weighted by atomic mass is 9.96. The van der Waals surface area contributed by atoms with Crippen LogP contribution in [0, 0.1) is 0 Å². The molecule has 0 spiro atoms. The molecule has 0 fully saturated rings. The first-order valence-corrected chi connectivity index (χ1v) is 4.38. The number of hydroxylamine groups is 3. The van der Waals surface area contributed by atoms with Crippen LogP contribution in [0.25, 0.3) is 0 Å². The maximum Gasteiger partial charge on any atom is 0.272 e. The fraction of sp³-hybridized carbons (Fsp3) is 0.667. The second-order valence-electron chi connectivity index (χ2n) is 4.51. The zero-order valence-electron chi connectivity index (χ0n) is 8.79. The number of carbonyl (C=O) groups excluding carboxylic acids is 1. The molecule has 1 aliphatic heterocycles. The number of nitrogens with zero attached hydrogens (tertiary/aromatic N) is 1. The maximum absolute atomic E-state index is 11.8. The van der Waals surface area contributed by atoms with E-state index < -0.39 is 17.0 Å². The summed E-state index contributed by atoms with van der Waals surface area (Å²) in [6.07, 6.45) is 1.57. The van der Waals surface area contributed by atoms with Crippen molar-refractivity contribution < 1.29 is 15.2 Å². The van der Waals surface area contributed by atoms with Crippen LogP contribution >= 0.6 is 0 Å². The lowest BCUT2D eigenvalue weighted by molar-refractivity contribution is -0.238. The number of hydrogen-bond acceptors (Lipinski definition) is 3. The summed E-state index contributed by atoms with van der Waals surface area (Å²) in [4.78, 5) is 11.3. The van der Waals surface area contributed by atoms with Crippen LogP contribution in [-0.2, 0) is 10.0 Å². The molecular formula is C9H15N2O3. The summed E-state index contributed by atoms with van der Waals surface area (Å²) in [6, 6.07) is 0. The molecule has 1 heterocycles. The molecular weight excluding hydrogens is 184 g/mol. The van der Waals surface area contributed by atoms with Crippen molar-refractivity contribution in [2.24, 2.45) is 0 Å². The van der Waals surface area contributed by atoms with Gasteiger partial charge in [0, 0.05) is 5.57 Å². The van der Waals surface area contributed by atoms with E-state index in [2.05, 4.69) is 0 Å². The van der Waals surface area contributed by atoms with Crippen molar-refractivity contribution in [2.75, 3.05) is 0 Å². The zero-order chi connectivity index (χ0) is 11.1. The van der Waals surface area contributed by atoms with Crippen molar-refractivity contribution in [3.8, 4) is 0 Å². The second-order valence-corrected chi connectivity index (χ2v) is 4.51. The number of amides is 1. The molecule has 5 heteroatoms. The summed E-state index contributed by atoms with van der Waals surface area (Å²) in [5.74, 6) is -0.624. The number of carbonyl (C=O) groups is 1. The Morgan fingerprint density at radius 3 is 2.21 bits per heavy atom. The molecule has 1 radical (unpaired) electrons. The molecule has 0 unspecified atom stereocenters. The molecule has 0 saturated heterocycles. The van der Waals surface area contributed by atoms with Crippen molar-refractivity contribution in [1.29, 1.82) is 0 Å². The summed E-state index contributed by atoms with van der Waals surface area (Å²) in [6.45, 7) is 6.74. The van der Waals surface area contributed by atoms with Gasteiger partial charge in [0.25, 0.3) is 5.91 Å². The number of hydrogen-bond donors (Lipinski definition) is 2. The highest BCUT2D eigenvalue weighted by molar-refractivity contribution is 5.95. The van der Waals surface area contributed by atoms with Gasteiger partial charge in [0.05, 0.1) is 11.1 Å². The third kappa shape index (κ3) is 1.43. The third-order valence-corrected chi connectivity index (χ3v) is 2.53. The molecule has 0 atom stereocenters. The monoisotopic (exact) mass is 199 g/mol. The fourth-order valence-corrected chi connectivity index (χ4v) is 1.82. The minimum absolute atomic E-state index is 0.292. The Morgan fingerprint density at radius 1 is 1.43 bits per heavy atom. The molecule has 0 aromatic carbocycles. The Labute approximate surface area is 82.9 Å². The van der Waals surface area contributed by atoms with Crippen LogP contribution in [-0.4, -0.2) is 27.3 Å². The highest BCUT2D eigenvalue weighted by Gasteiger charge is 2.48. The van der Waals surface area contributed by atoms with Gasteiger partial charge in [-0.2, -0.15) is 0 Å².